The molecule has 0 saturated carbocycles. The van der Waals surface area contributed by atoms with E-state index in [1.54, 1.807) is 6.92 Å². The van der Waals surface area contributed by atoms with Crippen molar-refractivity contribution in [2.75, 3.05) is 0 Å². The molecule has 1 aromatic rings. The SMILES string of the molecule is CC(=O)c1c(O)cc2c(c1O)C(=O)CC(C)O2. The molecule has 0 bridgehead atoms. The molecule has 1 atom stereocenters. The molecule has 0 spiro atoms. The summed E-state index contributed by atoms with van der Waals surface area (Å²) in [6.45, 7) is 2.92. The molecule has 0 radical (unpaired) electrons. The van der Waals surface area contributed by atoms with E-state index in [-0.39, 0.29) is 40.9 Å². The van der Waals surface area contributed by atoms with Crippen LogP contribution < -0.4 is 4.74 Å². The number of hydrogen-bond acceptors (Lipinski definition) is 5. The van der Waals surface area contributed by atoms with Crippen LogP contribution in [0.3, 0.4) is 0 Å². The van der Waals surface area contributed by atoms with Crippen molar-refractivity contribution in [1.82, 2.24) is 0 Å². The maximum Gasteiger partial charge on any atom is 0.174 e. The molecule has 5 nitrogen and oxygen atoms in total. The van der Waals surface area contributed by atoms with E-state index in [9.17, 15) is 19.8 Å². The molecule has 1 aromatic carbocycles. The maximum absolute atomic E-state index is 11.8. The van der Waals surface area contributed by atoms with Crippen LogP contribution in [0.15, 0.2) is 6.07 Å². The zero-order valence-corrected chi connectivity index (χ0v) is 9.48. The van der Waals surface area contributed by atoms with Crippen LogP contribution in [0, 0.1) is 0 Å². The Hall–Kier alpha value is -2.04. The summed E-state index contributed by atoms with van der Waals surface area (Å²) in [4.78, 5) is 23.0. The Labute approximate surface area is 97.6 Å². The zero-order valence-electron chi connectivity index (χ0n) is 9.48. The maximum atomic E-state index is 11.8. The summed E-state index contributed by atoms with van der Waals surface area (Å²) in [5.74, 6) is -1.55. The molecule has 2 N–H and O–H groups in total. The number of fused-ring (bicyclic) bond motifs is 1. The average Bonchev–Trinajstić information content (AvgIpc) is 2.13. The van der Waals surface area contributed by atoms with Gasteiger partial charge in [-0.3, -0.25) is 9.59 Å². The topological polar surface area (TPSA) is 83.8 Å². The lowest BCUT2D eigenvalue weighted by Crippen LogP contribution is -2.24. The van der Waals surface area contributed by atoms with Crippen molar-refractivity contribution >= 4 is 11.6 Å². The van der Waals surface area contributed by atoms with Crippen LogP contribution in [-0.2, 0) is 0 Å². The highest BCUT2D eigenvalue weighted by molar-refractivity contribution is 6.08. The third kappa shape index (κ3) is 1.73. The van der Waals surface area contributed by atoms with Crippen molar-refractivity contribution in [3.63, 3.8) is 0 Å². The first kappa shape index (κ1) is 11.4. The molecule has 0 aromatic heterocycles. The number of carbonyl (C=O) groups is 2. The van der Waals surface area contributed by atoms with E-state index in [0.717, 1.165) is 0 Å². The summed E-state index contributed by atoms with van der Waals surface area (Å²) in [5, 5.41) is 19.5. The van der Waals surface area contributed by atoms with Crippen molar-refractivity contribution in [1.29, 1.82) is 0 Å². The molecule has 1 heterocycles. The lowest BCUT2D eigenvalue weighted by molar-refractivity contribution is 0.0866. The van der Waals surface area contributed by atoms with E-state index < -0.39 is 11.5 Å². The molecule has 0 fully saturated rings. The van der Waals surface area contributed by atoms with Crippen LogP contribution >= 0.6 is 0 Å². The van der Waals surface area contributed by atoms with Gasteiger partial charge in [-0.15, -0.1) is 0 Å². The van der Waals surface area contributed by atoms with Gasteiger partial charge in [0.15, 0.2) is 11.6 Å². The van der Waals surface area contributed by atoms with E-state index in [2.05, 4.69) is 0 Å². The van der Waals surface area contributed by atoms with Gasteiger partial charge in [0.2, 0.25) is 0 Å². The number of phenols is 2. The number of rotatable bonds is 1. The minimum atomic E-state index is -0.505. The van der Waals surface area contributed by atoms with Crippen molar-refractivity contribution in [3.05, 3.63) is 17.2 Å². The molecule has 90 valence electrons. The van der Waals surface area contributed by atoms with Gasteiger partial charge >= 0.3 is 0 Å². The normalized spacial score (nSPS) is 18.5. The summed E-state index contributed by atoms with van der Waals surface area (Å²) < 4.78 is 5.35. The molecule has 0 aliphatic carbocycles. The molecule has 2 rings (SSSR count). The predicted octanol–water partition coefficient (Wildman–Crippen LogP) is 1.65. The van der Waals surface area contributed by atoms with Crippen LogP contribution in [-0.4, -0.2) is 27.9 Å². The third-order valence-electron chi connectivity index (χ3n) is 2.68. The highest BCUT2D eigenvalue weighted by Gasteiger charge is 2.31. The van der Waals surface area contributed by atoms with Gasteiger partial charge in [-0.05, 0) is 13.8 Å². The first-order valence-corrected chi connectivity index (χ1v) is 5.21. The summed E-state index contributed by atoms with van der Waals surface area (Å²) in [6.07, 6.45) is -0.167. The van der Waals surface area contributed by atoms with Crippen LogP contribution in [0.5, 0.6) is 17.2 Å². The molecular formula is C12H12O5. The quantitative estimate of drug-likeness (QED) is 0.724. The van der Waals surface area contributed by atoms with Crippen LogP contribution in [0.1, 0.15) is 41.0 Å². The summed E-state index contributed by atoms with van der Waals surface area (Å²) >= 11 is 0. The fraction of sp³-hybridized carbons (Fsp3) is 0.333. The second-order valence-electron chi connectivity index (χ2n) is 4.10. The smallest absolute Gasteiger partial charge is 0.174 e. The molecule has 1 aliphatic heterocycles. The average molecular weight is 236 g/mol. The van der Waals surface area contributed by atoms with E-state index in [1.807, 2.05) is 0 Å². The monoisotopic (exact) mass is 236 g/mol. The zero-order chi connectivity index (χ0) is 12.7. The van der Waals surface area contributed by atoms with Gasteiger partial charge in [-0.25, -0.2) is 0 Å². The summed E-state index contributed by atoms with van der Waals surface area (Å²) in [5.41, 5.74) is -0.263. The first-order valence-electron chi connectivity index (χ1n) is 5.21. The second-order valence-corrected chi connectivity index (χ2v) is 4.10. The molecule has 1 aliphatic rings. The summed E-state index contributed by atoms with van der Waals surface area (Å²) in [6, 6.07) is 1.19. The fourth-order valence-corrected chi connectivity index (χ4v) is 1.96. The lowest BCUT2D eigenvalue weighted by atomic mass is 9.96. The third-order valence-corrected chi connectivity index (χ3v) is 2.68. The van der Waals surface area contributed by atoms with Crippen molar-refractivity contribution < 1.29 is 24.5 Å². The van der Waals surface area contributed by atoms with Crippen LogP contribution in [0.25, 0.3) is 0 Å². The molecule has 17 heavy (non-hydrogen) atoms. The van der Waals surface area contributed by atoms with Gasteiger partial charge in [0, 0.05) is 12.5 Å². The Morgan fingerprint density at radius 3 is 2.71 bits per heavy atom. The predicted molar refractivity (Wildman–Crippen MR) is 58.8 cm³/mol. The van der Waals surface area contributed by atoms with Gasteiger partial charge in [0.05, 0.1) is 0 Å². The number of ketones is 2. The minimum Gasteiger partial charge on any atom is -0.507 e. The van der Waals surface area contributed by atoms with Gasteiger partial charge in [0.1, 0.15) is 34.5 Å². The number of Topliss-reactive ketones (excluding diaryl/α,β-unsaturated/α-hetero) is 2. The first-order chi connectivity index (χ1) is 7.91. The molecule has 5 heteroatoms. The van der Waals surface area contributed by atoms with Gasteiger partial charge in [0.25, 0.3) is 0 Å². The van der Waals surface area contributed by atoms with E-state index in [4.69, 9.17) is 4.74 Å². The van der Waals surface area contributed by atoms with E-state index in [0.29, 0.717) is 0 Å². The van der Waals surface area contributed by atoms with Crippen molar-refractivity contribution in [2.24, 2.45) is 0 Å². The van der Waals surface area contributed by atoms with Crippen LogP contribution in [0.2, 0.25) is 0 Å². The standard InChI is InChI=1S/C12H12O5/c1-5-3-7(14)11-9(17-5)4-8(15)10(6(2)13)12(11)16/h4-5,15-16H,3H2,1-2H3. The van der Waals surface area contributed by atoms with Gasteiger partial charge < -0.3 is 14.9 Å². The number of hydrogen-bond donors (Lipinski definition) is 2. The molecule has 0 amide bonds. The second kappa shape index (κ2) is 3.76. The largest absolute Gasteiger partial charge is 0.507 e. The number of ether oxygens (including phenoxy) is 1. The Kier molecular flexibility index (Phi) is 2.53. The van der Waals surface area contributed by atoms with Gasteiger partial charge in [-0.2, -0.15) is 0 Å². The Morgan fingerprint density at radius 1 is 1.47 bits per heavy atom. The Balaban J connectivity index is 2.70. The molecule has 1 unspecified atom stereocenters. The van der Waals surface area contributed by atoms with Crippen molar-refractivity contribution in [2.45, 2.75) is 26.4 Å². The highest BCUT2D eigenvalue weighted by atomic mass is 16.5. The van der Waals surface area contributed by atoms with Crippen LogP contribution in [0.4, 0.5) is 0 Å². The number of carbonyl (C=O) groups excluding carboxylic acids is 2. The molecule has 0 saturated heterocycles. The Morgan fingerprint density at radius 2 is 2.12 bits per heavy atom. The lowest BCUT2D eigenvalue weighted by Gasteiger charge is -2.23. The fourth-order valence-electron chi connectivity index (χ4n) is 1.96. The number of benzene rings is 1. The molecular weight excluding hydrogens is 224 g/mol. The minimum absolute atomic E-state index is 0.0221. The Bertz CT molecular complexity index is 518. The highest BCUT2D eigenvalue weighted by Crippen LogP contribution is 2.41. The van der Waals surface area contributed by atoms with E-state index in [1.165, 1.54) is 13.0 Å². The van der Waals surface area contributed by atoms with Crippen molar-refractivity contribution in [3.8, 4) is 17.2 Å². The summed E-state index contributed by atoms with van der Waals surface area (Å²) in [7, 11) is 0. The van der Waals surface area contributed by atoms with E-state index >= 15 is 0 Å². The number of phenolic OH excluding ortho intramolecular Hbond substituents is 2. The van der Waals surface area contributed by atoms with Gasteiger partial charge in [-0.1, -0.05) is 0 Å². The number of aromatic hydroxyl groups is 2.